The zero-order valence-electron chi connectivity index (χ0n) is 11.7. The third-order valence-corrected chi connectivity index (χ3v) is 3.82. The Kier molecular flexibility index (Phi) is 3.22. The summed E-state index contributed by atoms with van der Waals surface area (Å²) >= 11 is 6.01. The van der Waals surface area contributed by atoms with E-state index in [1.54, 1.807) is 18.2 Å². The third kappa shape index (κ3) is 2.41. The molecule has 0 aromatic heterocycles. The Balaban J connectivity index is 2.13. The van der Waals surface area contributed by atoms with Gasteiger partial charge in [-0.05, 0) is 66.9 Å². The van der Waals surface area contributed by atoms with Crippen molar-refractivity contribution in [1.29, 1.82) is 0 Å². The number of hydrogen-bond donors (Lipinski definition) is 2. The van der Waals surface area contributed by atoms with Crippen molar-refractivity contribution in [2.45, 2.75) is 13.8 Å². The highest BCUT2D eigenvalue weighted by Gasteiger charge is 2.24. The van der Waals surface area contributed by atoms with Gasteiger partial charge in [0.25, 0.3) is 5.91 Å². The van der Waals surface area contributed by atoms with Crippen molar-refractivity contribution in [3.63, 3.8) is 0 Å². The van der Waals surface area contributed by atoms with Crippen molar-refractivity contribution >= 4 is 34.8 Å². The highest BCUT2D eigenvalue weighted by atomic mass is 35.5. The van der Waals surface area contributed by atoms with Crippen molar-refractivity contribution in [2.24, 2.45) is 0 Å². The van der Waals surface area contributed by atoms with Gasteiger partial charge >= 0.3 is 0 Å². The Labute approximate surface area is 127 Å². The Morgan fingerprint density at radius 2 is 1.81 bits per heavy atom. The number of amides is 1. The van der Waals surface area contributed by atoms with Crippen LogP contribution < -0.4 is 5.32 Å². The molecule has 3 nitrogen and oxygen atoms in total. The molecule has 2 aromatic rings. The van der Waals surface area contributed by atoms with Crippen LogP contribution in [-0.2, 0) is 4.79 Å². The van der Waals surface area contributed by atoms with Gasteiger partial charge in [-0.2, -0.15) is 0 Å². The summed E-state index contributed by atoms with van der Waals surface area (Å²) in [5.41, 5.74) is 4.59. The molecule has 0 radical (unpaired) electrons. The summed E-state index contributed by atoms with van der Waals surface area (Å²) < 4.78 is 0. The number of aryl methyl sites for hydroxylation is 2. The van der Waals surface area contributed by atoms with Gasteiger partial charge in [0, 0.05) is 21.8 Å². The van der Waals surface area contributed by atoms with Crippen molar-refractivity contribution < 1.29 is 9.90 Å². The van der Waals surface area contributed by atoms with Crippen LogP contribution in [0.25, 0.3) is 11.6 Å². The normalized spacial score (nSPS) is 15.2. The number of phenols is 1. The summed E-state index contributed by atoms with van der Waals surface area (Å²) in [6, 6.07) is 9.03. The van der Waals surface area contributed by atoms with E-state index in [0.29, 0.717) is 10.6 Å². The number of benzene rings is 2. The molecule has 0 saturated heterocycles. The maximum absolute atomic E-state index is 12.1. The van der Waals surface area contributed by atoms with E-state index in [1.807, 2.05) is 32.1 Å². The zero-order valence-corrected chi connectivity index (χ0v) is 12.5. The van der Waals surface area contributed by atoms with E-state index in [9.17, 15) is 9.90 Å². The molecule has 3 rings (SSSR count). The molecule has 1 amide bonds. The minimum atomic E-state index is -0.143. The van der Waals surface area contributed by atoms with Crippen molar-refractivity contribution in [3.8, 4) is 5.75 Å². The molecule has 1 aliphatic heterocycles. The van der Waals surface area contributed by atoms with Gasteiger partial charge < -0.3 is 10.4 Å². The first-order chi connectivity index (χ1) is 9.95. The summed E-state index contributed by atoms with van der Waals surface area (Å²) in [6.07, 6.45) is 1.82. The molecule has 1 aliphatic rings. The molecule has 0 atom stereocenters. The molecule has 0 spiro atoms. The van der Waals surface area contributed by atoms with Crippen LogP contribution in [0, 0.1) is 13.8 Å². The van der Waals surface area contributed by atoms with Gasteiger partial charge in [-0.1, -0.05) is 11.6 Å². The molecule has 2 N–H and O–H groups in total. The average molecular weight is 300 g/mol. The molecule has 2 aromatic carbocycles. The van der Waals surface area contributed by atoms with Gasteiger partial charge in [0.05, 0.1) is 0 Å². The molecule has 106 valence electrons. The number of nitrogens with one attached hydrogen (secondary N) is 1. The van der Waals surface area contributed by atoms with Gasteiger partial charge in [0.1, 0.15) is 5.75 Å². The number of carbonyl (C=O) groups is 1. The molecule has 21 heavy (non-hydrogen) atoms. The number of anilines is 1. The van der Waals surface area contributed by atoms with Gasteiger partial charge in [-0.15, -0.1) is 0 Å². The molecule has 0 fully saturated rings. The summed E-state index contributed by atoms with van der Waals surface area (Å²) in [6.45, 7) is 3.67. The largest absolute Gasteiger partial charge is 0.507 e. The van der Waals surface area contributed by atoms with Crippen LogP contribution in [0.2, 0.25) is 5.02 Å². The average Bonchev–Trinajstić information content (AvgIpc) is 2.72. The van der Waals surface area contributed by atoms with Gasteiger partial charge in [0.15, 0.2) is 0 Å². The smallest absolute Gasteiger partial charge is 0.256 e. The van der Waals surface area contributed by atoms with Gasteiger partial charge in [0.2, 0.25) is 0 Å². The molecule has 4 heteroatoms. The number of halogens is 1. The van der Waals surface area contributed by atoms with E-state index in [-0.39, 0.29) is 11.7 Å². The number of rotatable bonds is 1. The maximum Gasteiger partial charge on any atom is 0.256 e. The highest BCUT2D eigenvalue weighted by molar-refractivity contribution is 6.36. The second kappa shape index (κ2) is 4.93. The second-order valence-electron chi connectivity index (χ2n) is 5.21. The van der Waals surface area contributed by atoms with E-state index < -0.39 is 0 Å². The summed E-state index contributed by atoms with van der Waals surface area (Å²) in [7, 11) is 0. The minimum absolute atomic E-state index is 0.143. The fourth-order valence-electron chi connectivity index (χ4n) is 2.54. The number of hydrogen-bond acceptors (Lipinski definition) is 2. The zero-order chi connectivity index (χ0) is 15.1. The number of carbonyl (C=O) groups excluding carboxylic acids is 1. The highest BCUT2D eigenvalue weighted by Crippen LogP contribution is 2.35. The SMILES string of the molecule is Cc1cc(/C=C2\C(=O)Nc3ccc(Cl)cc32)cc(C)c1O. The van der Waals surface area contributed by atoms with Crippen LogP contribution >= 0.6 is 11.6 Å². The van der Waals surface area contributed by atoms with Crippen molar-refractivity contribution in [2.75, 3.05) is 5.32 Å². The lowest BCUT2D eigenvalue weighted by molar-refractivity contribution is -0.110. The molecule has 0 aliphatic carbocycles. The monoisotopic (exact) mass is 299 g/mol. The van der Waals surface area contributed by atoms with Crippen LogP contribution in [0.5, 0.6) is 5.75 Å². The van der Waals surface area contributed by atoms with E-state index in [2.05, 4.69) is 5.32 Å². The first-order valence-electron chi connectivity index (χ1n) is 6.59. The Morgan fingerprint density at radius 1 is 1.14 bits per heavy atom. The number of aromatic hydroxyl groups is 1. The topological polar surface area (TPSA) is 49.3 Å². The second-order valence-corrected chi connectivity index (χ2v) is 5.64. The predicted molar refractivity (Wildman–Crippen MR) is 85.5 cm³/mol. The number of phenolic OH excluding ortho intramolecular Hbond substituents is 1. The molecule has 0 saturated carbocycles. The minimum Gasteiger partial charge on any atom is -0.507 e. The van der Waals surface area contributed by atoms with E-state index >= 15 is 0 Å². The molecule has 1 heterocycles. The summed E-state index contributed by atoms with van der Waals surface area (Å²) in [5, 5.41) is 13.2. The summed E-state index contributed by atoms with van der Waals surface area (Å²) in [5.74, 6) is 0.145. The maximum atomic E-state index is 12.1. The van der Waals surface area contributed by atoms with E-state index in [4.69, 9.17) is 11.6 Å². The van der Waals surface area contributed by atoms with Crippen LogP contribution in [0.3, 0.4) is 0 Å². The summed E-state index contributed by atoms with van der Waals surface area (Å²) in [4.78, 5) is 12.1. The molecule has 0 unspecified atom stereocenters. The first kappa shape index (κ1) is 13.7. The Morgan fingerprint density at radius 3 is 2.48 bits per heavy atom. The van der Waals surface area contributed by atoms with Crippen molar-refractivity contribution in [1.82, 2.24) is 0 Å². The predicted octanol–water partition coefficient (Wildman–Crippen LogP) is 4.16. The lowest BCUT2D eigenvalue weighted by atomic mass is 10.0. The third-order valence-electron chi connectivity index (χ3n) is 3.59. The van der Waals surface area contributed by atoms with Crippen LogP contribution in [0.15, 0.2) is 30.3 Å². The fraction of sp³-hybridized carbons (Fsp3) is 0.118. The quantitative estimate of drug-likeness (QED) is 0.777. The van der Waals surface area contributed by atoms with E-state index in [0.717, 1.165) is 27.9 Å². The Bertz CT molecular complexity index is 770. The number of fused-ring (bicyclic) bond motifs is 1. The van der Waals surface area contributed by atoms with Gasteiger partial charge in [-0.25, -0.2) is 0 Å². The standard InChI is InChI=1S/C17H14ClNO2/c1-9-5-11(6-10(2)16(9)20)7-14-13-8-12(18)3-4-15(13)19-17(14)21/h3-8,20H,1-2H3,(H,19,21)/b14-7-. The molecular weight excluding hydrogens is 286 g/mol. The lowest BCUT2D eigenvalue weighted by Crippen LogP contribution is -2.03. The molecule has 0 bridgehead atoms. The van der Waals surface area contributed by atoms with Crippen LogP contribution in [0.1, 0.15) is 22.3 Å². The van der Waals surface area contributed by atoms with Crippen LogP contribution in [-0.4, -0.2) is 11.0 Å². The lowest BCUT2D eigenvalue weighted by Gasteiger charge is -2.06. The van der Waals surface area contributed by atoms with E-state index in [1.165, 1.54) is 0 Å². The van der Waals surface area contributed by atoms with Gasteiger partial charge in [-0.3, -0.25) is 4.79 Å². The first-order valence-corrected chi connectivity index (χ1v) is 6.96. The van der Waals surface area contributed by atoms with Crippen molar-refractivity contribution in [3.05, 3.63) is 57.6 Å². The Hall–Kier alpha value is -2.26. The fourth-order valence-corrected chi connectivity index (χ4v) is 2.72. The van der Waals surface area contributed by atoms with Crippen LogP contribution in [0.4, 0.5) is 5.69 Å². The molecular formula is C17H14ClNO2.